The molecule has 0 saturated heterocycles. The van der Waals surface area contributed by atoms with Gasteiger partial charge < -0.3 is 20.1 Å². The Balaban J connectivity index is 0.000000208. The van der Waals surface area contributed by atoms with Gasteiger partial charge in [0.25, 0.3) is 0 Å². The van der Waals surface area contributed by atoms with Crippen molar-refractivity contribution in [2.75, 3.05) is 24.9 Å². The third-order valence-electron chi connectivity index (χ3n) is 9.29. The van der Waals surface area contributed by atoms with Crippen molar-refractivity contribution in [3.63, 3.8) is 0 Å². The van der Waals surface area contributed by atoms with Crippen molar-refractivity contribution in [2.45, 2.75) is 53.6 Å². The first-order valence-corrected chi connectivity index (χ1v) is 18.5. The Morgan fingerprint density at radius 2 is 1.02 bits per heavy atom. The summed E-state index contributed by atoms with van der Waals surface area (Å²) in [6, 6.07) is 32.7. The van der Waals surface area contributed by atoms with Crippen molar-refractivity contribution >= 4 is 45.0 Å². The zero-order chi connectivity index (χ0) is 37.8. The van der Waals surface area contributed by atoms with E-state index in [0.717, 1.165) is 74.9 Å². The minimum absolute atomic E-state index is 0.490. The molecule has 54 heavy (non-hydrogen) atoms. The number of methoxy groups -OCH3 is 2. The molecule has 0 atom stereocenters. The summed E-state index contributed by atoms with van der Waals surface area (Å²) >= 11 is 0. The lowest BCUT2D eigenvalue weighted by Crippen LogP contribution is -2.24. The predicted molar refractivity (Wildman–Crippen MR) is 218 cm³/mol. The maximum atomic E-state index is 5.97. The van der Waals surface area contributed by atoms with Gasteiger partial charge in [0.1, 0.15) is 11.5 Å². The second-order valence-corrected chi connectivity index (χ2v) is 14.5. The van der Waals surface area contributed by atoms with Gasteiger partial charge >= 0.3 is 0 Å². The summed E-state index contributed by atoms with van der Waals surface area (Å²) in [4.78, 5) is 21.5. The monoisotopic (exact) mass is 720 g/mol. The van der Waals surface area contributed by atoms with Crippen LogP contribution < -0.4 is 20.1 Å². The van der Waals surface area contributed by atoms with Crippen LogP contribution >= 0.6 is 0 Å². The van der Waals surface area contributed by atoms with Gasteiger partial charge in [-0.1, -0.05) is 76.2 Å². The number of aromatic nitrogens is 6. The van der Waals surface area contributed by atoms with Crippen LogP contribution in [-0.2, 0) is 25.9 Å². The van der Waals surface area contributed by atoms with E-state index in [1.54, 1.807) is 14.2 Å². The molecule has 0 unspecified atom stereocenters. The number of imidazole rings is 2. The van der Waals surface area contributed by atoms with Crippen LogP contribution in [0.3, 0.4) is 0 Å². The summed E-state index contributed by atoms with van der Waals surface area (Å²) in [5.41, 5.74) is 16.1. The van der Waals surface area contributed by atoms with Gasteiger partial charge in [-0.3, -0.25) is 8.80 Å². The molecule has 0 aliphatic rings. The number of rotatable bonds is 11. The number of hydrogen-bond donors (Lipinski definition) is 1. The van der Waals surface area contributed by atoms with E-state index >= 15 is 0 Å². The third kappa shape index (κ3) is 7.93. The Hall–Kier alpha value is -6.16. The lowest BCUT2D eigenvalue weighted by molar-refractivity contribution is 0.414. The smallest absolute Gasteiger partial charge is 0.181 e. The third-order valence-corrected chi connectivity index (χ3v) is 9.29. The molecule has 10 heteroatoms. The van der Waals surface area contributed by atoms with Crippen LogP contribution in [0, 0.1) is 11.8 Å². The molecule has 0 fully saturated rings. The lowest BCUT2D eigenvalue weighted by atomic mass is 10.1. The predicted octanol–water partition coefficient (Wildman–Crippen LogP) is 8.97. The Morgan fingerprint density at radius 3 is 1.50 bits per heavy atom. The van der Waals surface area contributed by atoms with Crippen molar-refractivity contribution in [3.05, 3.63) is 132 Å². The minimum Gasteiger partial charge on any atom is -0.497 e. The number of fused-ring (bicyclic) bond motifs is 6. The summed E-state index contributed by atoms with van der Waals surface area (Å²) in [6.45, 7) is 10.2. The van der Waals surface area contributed by atoms with Crippen LogP contribution in [0.4, 0.5) is 11.6 Å². The topological polar surface area (TPSA) is 108 Å². The van der Waals surface area contributed by atoms with Gasteiger partial charge in [-0.05, 0) is 84.3 Å². The number of anilines is 2. The normalized spacial score (nSPS) is 11.5. The highest BCUT2D eigenvalue weighted by Crippen LogP contribution is 2.29. The van der Waals surface area contributed by atoms with Gasteiger partial charge in [0.15, 0.2) is 22.9 Å². The Bertz CT molecular complexity index is 2450. The van der Waals surface area contributed by atoms with Crippen LogP contribution in [-0.4, -0.2) is 43.0 Å². The molecule has 4 aromatic carbocycles. The molecule has 4 heterocycles. The highest BCUT2D eigenvalue weighted by Gasteiger charge is 2.19. The number of nitrogen functional groups attached to an aromatic ring is 1. The molecule has 10 nitrogen and oxygen atoms in total. The number of ether oxygens (including phenoxy) is 2. The molecule has 0 aliphatic heterocycles. The second kappa shape index (κ2) is 15.8. The van der Waals surface area contributed by atoms with E-state index in [4.69, 9.17) is 25.2 Å². The van der Waals surface area contributed by atoms with Gasteiger partial charge in [0, 0.05) is 25.5 Å². The molecule has 0 amide bonds. The molecule has 0 radical (unpaired) electrons. The maximum absolute atomic E-state index is 5.97. The summed E-state index contributed by atoms with van der Waals surface area (Å²) in [5, 5.41) is 0. The molecule has 0 spiro atoms. The van der Waals surface area contributed by atoms with Crippen molar-refractivity contribution in [1.29, 1.82) is 0 Å². The highest BCUT2D eigenvalue weighted by molar-refractivity contribution is 5.84. The Kier molecular flexibility index (Phi) is 10.6. The van der Waals surface area contributed by atoms with Crippen molar-refractivity contribution < 1.29 is 9.47 Å². The van der Waals surface area contributed by atoms with Crippen LogP contribution in [0.15, 0.2) is 109 Å². The molecule has 4 aromatic heterocycles. The number of nitrogens with zero attached hydrogens (tertiary/aromatic N) is 7. The Morgan fingerprint density at radius 1 is 0.574 bits per heavy atom. The molecule has 276 valence electrons. The van der Waals surface area contributed by atoms with E-state index in [-0.39, 0.29) is 0 Å². The quantitative estimate of drug-likeness (QED) is 0.141. The summed E-state index contributed by atoms with van der Waals surface area (Å²) in [6.07, 6.45) is 6.11. The Labute approximate surface area is 316 Å². The van der Waals surface area contributed by atoms with Crippen molar-refractivity contribution in [2.24, 2.45) is 11.8 Å². The van der Waals surface area contributed by atoms with Gasteiger partial charge in [-0.15, -0.1) is 0 Å². The molecule has 0 saturated carbocycles. The van der Waals surface area contributed by atoms with Crippen LogP contribution in [0.1, 0.15) is 50.2 Å². The zero-order valence-electron chi connectivity index (χ0n) is 31.9. The van der Waals surface area contributed by atoms with Gasteiger partial charge in [-0.2, -0.15) is 0 Å². The SMILES string of the molecule is CC(C)Cc1cn2c(n1)c(N)nc1ccccc12.COc1ccc(CN(Cc2ccc(OC)cc2)c2nc3ccccc3n3cc(CC(C)C)nc23)cc1. The average molecular weight is 721 g/mol. The molecule has 2 N–H and O–H groups in total. The number of hydrogen-bond acceptors (Lipinski definition) is 8. The number of para-hydroxylation sites is 4. The van der Waals surface area contributed by atoms with Crippen molar-refractivity contribution in [3.8, 4) is 11.5 Å². The van der Waals surface area contributed by atoms with E-state index in [1.165, 1.54) is 11.1 Å². The fraction of sp³-hybridized carbons (Fsp3) is 0.273. The fourth-order valence-electron chi connectivity index (χ4n) is 6.79. The lowest BCUT2D eigenvalue weighted by Gasteiger charge is -2.25. The van der Waals surface area contributed by atoms with Crippen LogP contribution in [0.5, 0.6) is 11.5 Å². The van der Waals surface area contributed by atoms with Gasteiger partial charge in [0.05, 0.1) is 47.7 Å². The fourth-order valence-corrected chi connectivity index (χ4v) is 6.79. The van der Waals surface area contributed by atoms with Gasteiger partial charge in [0.2, 0.25) is 0 Å². The van der Waals surface area contributed by atoms with Crippen LogP contribution in [0.2, 0.25) is 0 Å². The summed E-state index contributed by atoms with van der Waals surface area (Å²) < 4.78 is 15.0. The zero-order valence-corrected chi connectivity index (χ0v) is 31.9. The maximum Gasteiger partial charge on any atom is 0.181 e. The summed E-state index contributed by atoms with van der Waals surface area (Å²) in [5.74, 6) is 4.15. The largest absolute Gasteiger partial charge is 0.497 e. The molecule has 8 rings (SSSR count). The molecular formula is C44H48N8O2. The van der Waals surface area contributed by atoms with Crippen LogP contribution in [0.25, 0.3) is 33.4 Å². The van der Waals surface area contributed by atoms with E-state index in [9.17, 15) is 0 Å². The van der Waals surface area contributed by atoms with Crippen molar-refractivity contribution in [1.82, 2.24) is 28.7 Å². The summed E-state index contributed by atoms with van der Waals surface area (Å²) in [7, 11) is 3.38. The van der Waals surface area contributed by atoms with Gasteiger partial charge in [-0.25, -0.2) is 19.9 Å². The highest BCUT2D eigenvalue weighted by atomic mass is 16.5. The first-order chi connectivity index (χ1) is 26.2. The first-order valence-electron chi connectivity index (χ1n) is 18.5. The van der Waals surface area contributed by atoms with E-state index in [2.05, 4.69) is 102 Å². The van der Waals surface area contributed by atoms with E-state index in [0.29, 0.717) is 30.7 Å². The molecule has 0 bridgehead atoms. The average Bonchev–Trinajstić information content (AvgIpc) is 3.80. The molecular weight excluding hydrogens is 673 g/mol. The first kappa shape index (κ1) is 36.2. The molecule has 8 aromatic rings. The van der Waals surface area contributed by atoms with E-state index < -0.39 is 0 Å². The number of nitrogens with two attached hydrogens (primary N) is 1. The number of benzene rings is 4. The standard InChI is InChI=1S/C30H32N4O2.C14H16N4/c1-21(2)17-24-20-34-28-8-6-5-7-27(28)32-29(30(34)31-24)33(18-22-9-13-25(35-3)14-10-22)19-23-11-15-26(36-4)16-12-23;1-9(2)7-10-8-18-12-6-4-3-5-11(12)17-13(15)14(18)16-10/h5-16,20-21H,17-19H2,1-4H3;3-6,8-9H,7H2,1-2H3,(H2,15,17). The molecule has 0 aliphatic carbocycles. The minimum atomic E-state index is 0.490. The second-order valence-electron chi connectivity index (χ2n) is 14.5. The van der Waals surface area contributed by atoms with E-state index in [1.807, 2.05) is 59.0 Å².